The summed E-state index contributed by atoms with van der Waals surface area (Å²) in [5, 5.41) is 9.72. The van der Waals surface area contributed by atoms with Crippen molar-refractivity contribution in [2.75, 3.05) is 56.6 Å². The normalized spacial score (nSPS) is 14.3. The highest BCUT2D eigenvalue weighted by Crippen LogP contribution is 2.30. The molecule has 11 heteroatoms. The predicted molar refractivity (Wildman–Crippen MR) is 119 cm³/mol. The summed E-state index contributed by atoms with van der Waals surface area (Å²) in [5.41, 5.74) is 0.307. The van der Waals surface area contributed by atoms with Crippen LogP contribution in [0.1, 0.15) is 12.2 Å². The molecule has 31 heavy (non-hydrogen) atoms. The zero-order valence-corrected chi connectivity index (χ0v) is 18.7. The summed E-state index contributed by atoms with van der Waals surface area (Å²) in [6.07, 6.45) is 0.694. The van der Waals surface area contributed by atoms with Crippen molar-refractivity contribution >= 4 is 46.6 Å². The summed E-state index contributed by atoms with van der Waals surface area (Å²) in [6.45, 7) is 5.84. The lowest BCUT2D eigenvalue weighted by atomic mass is 10.3. The van der Waals surface area contributed by atoms with Gasteiger partial charge in [-0.3, -0.25) is 9.69 Å². The van der Waals surface area contributed by atoms with Gasteiger partial charge in [0, 0.05) is 32.2 Å². The van der Waals surface area contributed by atoms with Gasteiger partial charge in [-0.25, -0.2) is 4.79 Å². The molecule has 0 atom stereocenters. The van der Waals surface area contributed by atoms with E-state index in [1.165, 1.54) is 4.90 Å². The van der Waals surface area contributed by atoms with Crippen LogP contribution in [0.2, 0.25) is 10.0 Å². The second-order valence-electron chi connectivity index (χ2n) is 7.13. The number of nitrogens with one attached hydrogen (secondary N) is 2. The number of hydrogen-bond acceptors (Lipinski definition) is 6. The standard InChI is InChI=1S/C20H25Cl2N5O4/c1-14-12-17(25-31-14)23-18(28)13-27(7-3-6-26-8-10-30-11-9-26)20(29)24-19-15(21)4-2-5-16(19)22/h2,4-5,12H,3,6-11,13H2,1H3,(H,24,29)(H,23,25,28). The number of nitrogens with zero attached hydrogens (tertiary/aromatic N) is 3. The molecule has 2 N–H and O–H groups in total. The predicted octanol–water partition coefficient (Wildman–Crippen LogP) is 3.48. The van der Waals surface area contributed by atoms with Crippen molar-refractivity contribution in [3.05, 3.63) is 40.1 Å². The Morgan fingerprint density at radius 2 is 1.90 bits per heavy atom. The van der Waals surface area contributed by atoms with Crippen molar-refractivity contribution in [1.29, 1.82) is 0 Å². The van der Waals surface area contributed by atoms with Crippen LogP contribution in [0.5, 0.6) is 0 Å². The van der Waals surface area contributed by atoms with Gasteiger partial charge in [-0.2, -0.15) is 0 Å². The molecular formula is C20H25Cl2N5O4. The molecule has 0 aliphatic carbocycles. The van der Waals surface area contributed by atoms with Gasteiger partial charge in [0.1, 0.15) is 12.3 Å². The summed E-state index contributed by atoms with van der Waals surface area (Å²) in [5.74, 6) is 0.481. The van der Waals surface area contributed by atoms with Gasteiger partial charge >= 0.3 is 6.03 Å². The molecule has 1 aromatic heterocycles. The van der Waals surface area contributed by atoms with Gasteiger partial charge in [-0.05, 0) is 25.5 Å². The van der Waals surface area contributed by atoms with E-state index in [2.05, 4.69) is 20.7 Å². The summed E-state index contributed by atoms with van der Waals surface area (Å²) in [6, 6.07) is 6.08. The average molecular weight is 470 g/mol. The van der Waals surface area contributed by atoms with Crippen molar-refractivity contribution in [1.82, 2.24) is 15.0 Å². The molecule has 0 unspecified atom stereocenters. The molecule has 168 valence electrons. The van der Waals surface area contributed by atoms with E-state index in [4.69, 9.17) is 32.5 Å². The van der Waals surface area contributed by atoms with Gasteiger partial charge in [0.25, 0.3) is 0 Å². The molecule has 9 nitrogen and oxygen atoms in total. The first-order valence-electron chi connectivity index (χ1n) is 9.95. The van der Waals surface area contributed by atoms with Crippen molar-refractivity contribution in [2.45, 2.75) is 13.3 Å². The number of aromatic nitrogens is 1. The number of amides is 3. The Balaban J connectivity index is 1.63. The number of ether oxygens (including phenoxy) is 1. The minimum absolute atomic E-state index is 0.164. The molecule has 0 radical (unpaired) electrons. The van der Waals surface area contributed by atoms with E-state index in [0.717, 1.165) is 19.6 Å². The van der Waals surface area contributed by atoms with Crippen LogP contribution in [0.4, 0.5) is 16.3 Å². The topological polar surface area (TPSA) is 99.9 Å². The van der Waals surface area contributed by atoms with Crippen LogP contribution >= 0.6 is 23.2 Å². The fraction of sp³-hybridized carbons (Fsp3) is 0.450. The number of carbonyl (C=O) groups is 2. The number of urea groups is 1. The molecule has 1 aliphatic rings. The van der Waals surface area contributed by atoms with Crippen molar-refractivity contribution in [3.63, 3.8) is 0 Å². The Morgan fingerprint density at radius 3 is 2.55 bits per heavy atom. The summed E-state index contributed by atoms with van der Waals surface area (Å²) in [7, 11) is 0. The van der Waals surface area contributed by atoms with Gasteiger partial charge < -0.3 is 24.8 Å². The molecule has 0 bridgehead atoms. The quantitative estimate of drug-likeness (QED) is 0.613. The first kappa shape index (κ1) is 23.3. The number of morpholine rings is 1. The zero-order valence-electron chi connectivity index (χ0n) is 17.2. The van der Waals surface area contributed by atoms with E-state index in [1.807, 2.05) is 0 Å². The van der Waals surface area contributed by atoms with Crippen LogP contribution in [0.15, 0.2) is 28.8 Å². The number of halogens is 2. The minimum Gasteiger partial charge on any atom is -0.379 e. The maximum atomic E-state index is 12.9. The Bertz CT molecular complexity index is 881. The van der Waals surface area contributed by atoms with Crippen LogP contribution in [-0.4, -0.2) is 72.8 Å². The van der Waals surface area contributed by atoms with Crippen molar-refractivity contribution < 1.29 is 18.8 Å². The van der Waals surface area contributed by atoms with Crippen molar-refractivity contribution in [3.8, 4) is 0 Å². The Hall–Kier alpha value is -2.33. The Kier molecular flexibility index (Phi) is 8.53. The van der Waals surface area contributed by atoms with Crippen molar-refractivity contribution in [2.24, 2.45) is 0 Å². The number of hydrogen-bond donors (Lipinski definition) is 2. The van der Waals surface area contributed by atoms with Gasteiger partial charge in [-0.15, -0.1) is 0 Å². The lowest BCUT2D eigenvalue weighted by molar-refractivity contribution is -0.116. The molecule has 1 aromatic carbocycles. The third-order valence-corrected chi connectivity index (χ3v) is 5.35. The third kappa shape index (κ3) is 7.10. The average Bonchev–Trinajstić information content (AvgIpc) is 3.15. The smallest absolute Gasteiger partial charge is 0.322 e. The Morgan fingerprint density at radius 1 is 1.19 bits per heavy atom. The lowest BCUT2D eigenvalue weighted by Gasteiger charge is -2.28. The van der Waals surface area contributed by atoms with Crippen LogP contribution in [0.3, 0.4) is 0 Å². The van der Waals surface area contributed by atoms with E-state index >= 15 is 0 Å². The fourth-order valence-corrected chi connectivity index (χ4v) is 3.64. The van der Waals surface area contributed by atoms with Gasteiger partial charge in [0.05, 0.1) is 28.9 Å². The molecule has 0 saturated carbocycles. The molecule has 2 aromatic rings. The highest BCUT2D eigenvalue weighted by molar-refractivity contribution is 6.39. The third-order valence-electron chi connectivity index (χ3n) is 4.72. The van der Waals surface area contributed by atoms with Gasteiger partial charge in [0.15, 0.2) is 5.82 Å². The second-order valence-corrected chi connectivity index (χ2v) is 7.94. The van der Waals surface area contributed by atoms with E-state index in [9.17, 15) is 9.59 Å². The number of benzene rings is 1. The molecule has 0 spiro atoms. The monoisotopic (exact) mass is 469 g/mol. The van der Waals surface area contributed by atoms with Gasteiger partial charge in [0.2, 0.25) is 5.91 Å². The molecule has 1 aliphatic heterocycles. The molecule has 2 heterocycles. The highest BCUT2D eigenvalue weighted by atomic mass is 35.5. The molecular weight excluding hydrogens is 445 g/mol. The Labute approximate surface area is 190 Å². The molecule has 3 rings (SSSR count). The summed E-state index contributed by atoms with van der Waals surface area (Å²) in [4.78, 5) is 29.1. The maximum absolute atomic E-state index is 12.9. The summed E-state index contributed by atoms with van der Waals surface area (Å²) >= 11 is 12.3. The van der Waals surface area contributed by atoms with Crippen LogP contribution in [-0.2, 0) is 9.53 Å². The molecule has 1 saturated heterocycles. The number of anilines is 2. The largest absolute Gasteiger partial charge is 0.379 e. The first-order valence-corrected chi connectivity index (χ1v) is 10.7. The number of rotatable bonds is 8. The first-order chi connectivity index (χ1) is 14.9. The minimum atomic E-state index is -0.469. The lowest BCUT2D eigenvalue weighted by Crippen LogP contribution is -2.43. The van der Waals surface area contributed by atoms with Crippen LogP contribution < -0.4 is 10.6 Å². The van der Waals surface area contributed by atoms with E-state index < -0.39 is 6.03 Å². The summed E-state index contributed by atoms with van der Waals surface area (Å²) < 4.78 is 10.3. The second kappa shape index (κ2) is 11.3. The zero-order chi connectivity index (χ0) is 22.2. The number of aryl methyl sites for hydroxylation is 1. The maximum Gasteiger partial charge on any atom is 0.322 e. The molecule has 1 fully saturated rings. The van der Waals surface area contributed by atoms with Crippen LogP contribution in [0.25, 0.3) is 0 Å². The van der Waals surface area contributed by atoms with E-state index in [1.54, 1.807) is 31.2 Å². The highest BCUT2D eigenvalue weighted by Gasteiger charge is 2.21. The number of carbonyl (C=O) groups excluding carboxylic acids is 2. The van der Waals surface area contributed by atoms with E-state index in [0.29, 0.717) is 53.5 Å². The van der Waals surface area contributed by atoms with Crippen LogP contribution in [0, 0.1) is 6.92 Å². The van der Waals surface area contributed by atoms with E-state index in [-0.39, 0.29) is 12.5 Å². The SMILES string of the molecule is Cc1cc(NC(=O)CN(CCCN2CCOCC2)C(=O)Nc2c(Cl)cccc2Cl)no1. The van der Waals surface area contributed by atoms with Gasteiger partial charge in [-0.1, -0.05) is 34.4 Å². The molecule has 3 amide bonds. The fourth-order valence-electron chi connectivity index (χ4n) is 3.15. The number of para-hydroxylation sites is 1.